The molecule has 0 saturated heterocycles. The van der Waals surface area contributed by atoms with Crippen molar-refractivity contribution in [2.45, 2.75) is 0 Å². The molecule has 346 valence electrons. The standard InChI is InChI=1S/C68H36N4S3/c1-70-60-58(41-23-9-4-10-24-41)65(71-53-29-15-11-25-42(53)51-37-50(39-19-5-2-6-20-39)59-49-28-14-18-32-56(49)75-68(59)64(51)71)57(40-21-7-3-8-22-40)52(38-69)61(60)72-62-45(33-35-47-43-26-12-16-30-54(43)73-66(47)62)46-34-36-48-44-27-13-17-31-55(44)74-67(48)63(46)72/h2-37H. The van der Waals surface area contributed by atoms with Gasteiger partial charge in [-0.15, -0.1) is 34.0 Å². The molecule has 0 aliphatic rings. The number of nitrogens with zero attached hydrogens (tertiary/aromatic N) is 4. The lowest BCUT2D eigenvalue weighted by atomic mass is 9.88. The van der Waals surface area contributed by atoms with Crippen molar-refractivity contribution in [2.24, 2.45) is 0 Å². The van der Waals surface area contributed by atoms with Gasteiger partial charge in [0, 0.05) is 79.1 Å². The van der Waals surface area contributed by atoms with E-state index in [9.17, 15) is 11.8 Å². The Kier molecular flexibility index (Phi) is 9.05. The molecule has 0 N–H and O–H groups in total. The van der Waals surface area contributed by atoms with Crippen molar-refractivity contribution in [2.75, 3.05) is 0 Å². The molecule has 0 radical (unpaired) electrons. The highest BCUT2D eigenvalue weighted by Gasteiger charge is 2.34. The Balaban J connectivity index is 1.18. The molecule has 0 aliphatic heterocycles. The molecule has 0 saturated carbocycles. The van der Waals surface area contributed by atoms with E-state index in [-0.39, 0.29) is 0 Å². The van der Waals surface area contributed by atoms with Gasteiger partial charge in [0.1, 0.15) is 6.07 Å². The van der Waals surface area contributed by atoms with Crippen molar-refractivity contribution < 1.29 is 0 Å². The highest BCUT2D eigenvalue weighted by atomic mass is 32.1. The van der Waals surface area contributed by atoms with Gasteiger partial charge in [0.2, 0.25) is 5.69 Å². The fraction of sp³-hybridized carbons (Fsp3) is 0. The van der Waals surface area contributed by atoms with Crippen LogP contribution in [-0.2, 0) is 0 Å². The van der Waals surface area contributed by atoms with Gasteiger partial charge in [-0.1, -0.05) is 188 Å². The monoisotopic (exact) mass is 1000 g/mol. The Labute approximate surface area is 441 Å². The molecule has 4 nitrogen and oxygen atoms in total. The predicted molar refractivity (Wildman–Crippen MR) is 321 cm³/mol. The summed E-state index contributed by atoms with van der Waals surface area (Å²) in [5, 5.41) is 23.9. The summed E-state index contributed by atoms with van der Waals surface area (Å²) in [5.74, 6) is 0. The molecule has 0 atom stereocenters. The summed E-state index contributed by atoms with van der Waals surface area (Å²) in [6.45, 7) is 9.72. The van der Waals surface area contributed by atoms with Gasteiger partial charge in [0.15, 0.2) is 0 Å². The van der Waals surface area contributed by atoms with E-state index in [1.807, 2.05) is 23.5 Å². The molecule has 0 amide bonds. The third-order valence-electron chi connectivity index (χ3n) is 15.4. The van der Waals surface area contributed by atoms with E-state index < -0.39 is 0 Å². The van der Waals surface area contributed by atoms with Gasteiger partial charge < -0.3 is 9.13 Å². The van der Waals surface area contributed by atoms with Gasteiger partial charge in [-0.25, -0.2) is 4.85 Å². The SMILES string of the molecule is [C-]#[N+]c1c(-c2ccccc2)c(-n2c3ccccc3c3cc(-c4ccccc4)c4c5ccccc5sc4c32)c(-c2ccccc2)c(C#N)c1-n1c2c(ccc3c4ccccc4sc32)c2ccc3c4ccccc4sc3c21. The molecule has 16 rings (SSSR count). The summed E-state index contributed by atoms with van der Waals surface area (Å²) in [6, 6.07) is 80.6. The molecule has 16 aromatic rings. The number of benzene rings is 11. The average Bonchev–Trinajstić information content (AvgIpc) is 4.32. The van der Waals surface area contributed by atoms with Crippen LogP contribution in [0.1, 0.15) is 5.56 Å². The zero-order chi connectivity index (χ0) is 49.5. The number of hydrogen-bond acceptors (Lipinski definition) is 4. The lowest BCUT2D eigenvalue weighted by molar-refractivity contribution is 1.15. The minimum Gasteiger partial charge on any atom is -0.315 e. The maximum absolute atomic E-state index is 12.5. The largest absolute Gasteiger partial charge is 0.315 e. The average molecular weight is 1010 g/mol. The van der Waals surface area contributed by atoms with Crippen LogP contribution >= 0.6 is 34.0 Å². The quantitative estimate of drug-likeness (QED) is 0.158. The van der Waals surface area contributed by atoms with Crippen molar-refractivity contribution in [3.63, 3.8) is 0 Å². The van der Waals surface area contributed by atoms with Crippen LogP contribution < -0.4 is 0 Å². The van der Waals surface area contributed by atoms with E-state index in [0.29, 0.717) is 16.9 Å². The molecule has 0 bridgehead atoms. The molecule has 0 aliphatic carbocycles. The van der Waals surface area contributed by atoms with Crippen molar-refractivity contribution in [3.8, 4) is 50.8 Å². The van der Waals surface area contributed by atoms with Gasteiger partial charge in [-0.2, -0.15) is 5.26 Å². The Hall–Kier alpha value is -9.34. The van der Waals surface area contributed by atoms with E-state index in [1.54, 1.807) is 22.7 Å². The molecule has 5 aromatic heterocycles. The van der Waals surface area contributed by atoms with E-state index in [4.69, 9.17) is 4.85 Å². The summed E-state index contributed by atoms with van der Waals surface area (Å²) in [7, 11) is 0. The highest BCUT2D eigenvalue weighted by Crippen LogP contribution is 2.56. The van der Waals surface area contributed by atoms with Crippen molar-refractivity contribution in [3.05, 3.63) is 235 Å². The van der Waals surface area contributed by atoms with Gasteiger partial charge in [-0.05, 0) is 52.6 Å². The summed E-state index contributed by atoms with van der Waals surface area (Å²) in [6.07, 6.45) is 0. The van der Waals surface area contributed by atoms with Gasteiger partial charge in [-0.3, -0.25) is 0 Å². The summed E-state index contributed by atoms with van der Waals surface area (Å²) in [4.78, 5) is 4.76. The molecule has 11 aromatic carbocycles. The highest BCUT2D eigenvalue weighted by molar-refractivity contribution is 7.27. The summed E-state index contributed by atoms with van der Waals surface area (Å²) >= 11 is 5.37. The number of fused-ring (bicyclic) bond motifs is 18. The van der Waals surface area contributed by atoms with Crippen molar-refractivity contribution in [1.82, 2.24) is 9.13 Å². The number of nitriles is 1. The second-order valence-corrected chi connectivity index (χ2v) is 22.3. The second kappa shape index (κ2) is 16.1. The Morgan fingerprint density at radius 3 is 1.41 bits per heavy atom. The summed E-state index contributed by atoms with van der Waals surface area (Å²) < 4.78 is 11.7. The molecule has 0 spiro atoms. The van der Waals surface area contributed by atoms with Gasteiger partial charge in [0.05, 0.1) is 59.7 Å². The Bertz CT molecular complexity index is 4990. The third-order valence-corrected chi connectivity index (χ3v) is 18.9. The Morgan fingerprint density at radius 1 is 0.387 bits per heavy atom. The molecular weight excluding hydrogens is 969 g/mol. The maximum atomic E-state index is 12.5. The first kappa shape index (κ1) is 42.2. The van der Waals surface area contributed by atoms with E-state index in [2.05, 4.69) is 221 Å². The molecule has 5 heterocycles. The minimum absolute atomic E-state index is 0.418. The van der Waals surface area contributed by atoms with E-state index in [1.165, 1.54) is 41.2 Å². The molecule has 7 heteroatoms. The Morgan fingerprint density at radius 2 is 0.840 bits per heavy atom. The van der Waals surface area contributed by atoms with Crippen LogP contribution in [0.3, 0.4) is 0 Å². The minimum atomic E-state index is 0.418. The van der Waals surface area contributed by atoms with Crippen molar-refractivity contribution in [1.29, 1.82) is 5.26 Å². The lowest BCUT2D eigenvalue weighted by Crippen LogP contribution is -2.08. The number of aromatic nitrogens is 2. The van der Waals surface area contributed by atoms with E-state index in [0.717, 1.165) is 102 Å². The lowest BCUT2D eigenvalue weighted by Gasteiger charge is -2.26. The van der Waals surface area contributed by atoms with Crippen LogP contribution in [0.15, 0.2) is 218 Å². The third kappa shape index (κ3) is 5.83. The number of rotatable bonds is 5. The molecular formula is C68H36N4S3. The predicted octanol–water partition coefficient (Wildman–Crippen LogP) is 20.4. The molecule has 75 heavy (non-hydrogen) atoms. The van der Waals surface area contributed by atoms with Gasteiger partial charge >= 0.3 is 0 Å². The van der Waals surface area contributed by atoms with E-state index >= 15 is 0 Å². The first-order chi connectivity index (χ1) is 37.2. The number of hydrogen-bond donors (Lipinski definition) is 0. The normalized spacial score (nSPS) is 12.0. The number of thiophene rings is 3. The zero-order valence-corrected chi connectivity index (χ0v) is 42.2. The van der Waals surface area contributed by atoms with Crippen LogP contribution in [0.4, 0.5) is 5.69 Å². The smallest absolute Gasteiger partial charge is 0.221 e. The second-order valence-electron chi connectivity index (χ2n) is 19.2. The van der Waals surface area contributed by atoms with Crippen molar-refractivity contribution >= 4 is 144 Å². The summed E-state index contributed by atoms with van der Waals surface area (Å²) in [5.41, 5.74) is 11.9. The van der Waals surface area contributed by atoms with Crippen LogP contribution in [0.5, 0.6) is 0 Å². The maximum Gasteiger partial charge on any atom is 0.221 e. The molecule has 0 unspecified atom stereocenters. The zero-order valence-electron chi connectivity index (χ0n) is 39.8. The number of para-hydroxylation sites is 1. The van der Waals surface area contributed by atoms with Crippen LogP contribution in [0, 0.1) is 17.9 Å². The fourth-order valence-corrected chi connectivity index (χ4v) is 16.1. The van der Waals surface area contributed by atoms with Crippen LogP contribution in [0.2, 0.25) is 0 Å². The topological polar surface area (TPSA) is 38.0 Å². The molecule has 0 fully saturated rings. The van der Waals surface area contributed by atoms with Gasteiger partial charge in [0.25, 0.3) is 0 Å². The van der Waals surface area contributed by atoms with Crippen LogP contribution in [0.25, 0.3) is 154 Å². The first-order valence-corrected chi connectivity index (χ1v) is 27.4. The first-order valence-electron chi connectivity index (χ1n) is 24.9. The fourth-order valence-electron chi connectivity index (χ4n) is 12.3. The van der Waals surface area contributed by atoms with Crippen LogP contribution in [-0.4, -0.2) is 9.13 Å².